The van der Waals surface area contributed by atoms with E-state index in [0.717, 1.165) is 38.6 Å². The minimum atomic E-state index is -0.0367. The summed E-state index contributed by atoms with van der Waals surface area (Å²) in [7, 11) is 0. The molecule has 5 heteroatoms. The molecule has 140 valence electrons. The molecular weight excluding hydrogens is 350 g/mol. The Labute approximate surface area is 162 Å². The Bertz CT molecular complexity index is 1190. The van der Waals surface area contributed by atoms with Crippen molar-refractivity contribution in [2.24, 2.45) is 0 Å². The van der Waals surface area contributed by atoms with E-state index in [9.17, 15) is 4.79 Å². The van der Waals surface area contributed by atoms with Crippen LogP contribution in [0.5, 0.6) is 0 Å². The fraction of sp³-hybridized carbons (Fsp3) is 0.217. The lowest BCUT2D eigenvalue weighted by molar-refractivity contribution is 0.0299. The van der Waals surface area contributed by atoms with Crippen LogP contribution < -0.4 is 0 Å². The predicted octanol–water partition coefficient (Wildman–Crippen LogP) is 4.16. The van der Waals surface area contributed by atoms with Gasteiger partial charge in [0.2, 0.25) is 0 Å². The molecule has 0 radical (unpaired) electrons. The minimum Gasteiger partial charge on any atom is -0.378 e. The van der Waals surface area contributed by atoms with Gasteiger partial charge in [0.15, 0.2) is 0 Å². The Kier molecular flexibility index (Phi) is 4.10. The number of carbonyl (C=O) groups is 1. The number of fused-ring (bicyclic) bond motifs is 3. The molecule has 0 unspecified atom stereocenters. The van der Waals surface area contributed by atoms with Crippen LogP contribution in [0.4, 0.5) is 0 Å². The molecule has 2 aromatic heterocycles. The number of morpholine rings is 1. The van der Waals surface area contributed by atoms with Gasteiger partial charge in [0.1, 0.15) is 5.69 Å². The van der Waals surface area contributed by atoms with Crippen molar-refractivity contribution in [1.82, 2.24) is 14.9 Å². The van der Waals surface area contributed by atoms with Gasteiger partial charge in [-0.2, -0.15) is 0 Å². The van der Waals surface area contributed by atoms with Crippen molar-refractivity contribution < 1.29 is 9.53 Å². The number of hydrogen-bond acceptors (Lipinski definition) is 3. The topological polar surface area (TPSA) is 58.2 Å². The molecule has 1 aliphatic heterocycles. The number of ether oxygens (including phenoxy) is 1. The number of rotatable bonds is 2. The van der Waals surface area contributed by atoms with Crippen molar-refractivity contribution in [3.05, 3.63) is 65.9 Å². The average molecular weight is 371 g/mol. The van der Waals surface area contributed by atoms with Crippen molar-refractivity contribution in [2.45, 2.75) is 6.92 Å². The van der Waals surface area contributed by atoms with Gasteiger partial charge in [-0.15, -0.1) is 0 Å². The summed E-state index contributed by atoms with van der Waals surface area (Å²) in [6, 6.07) is 18.3. The van der Waals surface area contributed by atoms with Crippen molar-refractivity contribution in [3.8, 4) is 11.3 Å². The van der Waals surface area contributed by atoms with Crippen LogP contribution in [0.3, 0.4) is 0 Å². The van der Waals surface area contributed by atoms with E-state index in [1.807, 2.05) is 35.2 Å². The van der Waals surface area contributed by atoms with Crippen molar-refractivity contribution in [3.63, 3.8) is 0 Å². The number of pyridine rings is 1. The van der Waals surface area contributed by atoms with Crippen LogP contribution in [0.1, 0.15) is 16.1 Å². The number of amides is 1. The quantitative estimate of drug-likeness (QED) is 0.575. The number of aryl methyl sites for hydroxylation is 1. The number of nitrogens with one attached hydrogen (secondary N) is 1. The Balaban J connectivity index is 1.77. The van der Waals surface area contributed by atoms with Crippen molar-refractivity contribution in [2.75, 3.05) is 26.3 Å². The van der Waals surface area contributed by atoms with Gasteiger partial charge < -0.3 is 14.6 Å². The zero-order chi connectivity index (χ0) is 19.1. The molecule has 5 nitrogen and oxygen atoms in total. The van der Waals surface area contributed by atoms with E-state index in [2.05, 4.69) is 36.2 Å². The molecule has 1 aliphatic rings. The largest absolute Gasteiger partial charge is 0.378 e. The number of hydrogen-bond donors (Lipinski definition) is 1. The highest BCUT2D eigenvalue weighted by molar-refractivity contribution is 6.13. The molecule has 1 N–H and O–H groups in total. The first-order chi connectivity index (χ1) is 13.7. The summed E-state index contributed by atoms with van der Waals surface area (Å²) in [5.41, 5.74) is 5.49. The van der Waals surface area contributed by atoms with Gasteiger partial charge in [0.05, 0.1) is 24.4 Å². The molecule has 0 spiro atoms. The van der Waals surface area contributed by atoms with Crippen LogP contribution in [-0.2, 0) is 4.74 Å². The molecule has 28 heavy (non-hydrogen) atoms. The second kappa shape index (κ2) is 6.77. The first-order valence-corrected chi connectivity index (χ1v) is 9.57. The Morgan fingerprint density at radius 2 is 1.79 bits per heavy atom. The Morgan fingerprint density at radius 1 is 1.04 bits per heavy atom. The van der Waals surface area contributed by atoms with E-state index in [-0.39, 0.29) is 5.91 Å². The van der Waals surface area contributed by atoms with Crippen LogP contribution in [0.2, 0.25) is 0 Å². The lowest BCUT2D eigenvalue weighted by Crippen LogP contribution is -2.41. The third kappa shape index (κ3) is 2.75. The van der Waals surface area contributed by atoms with E-state index < -0.39 is 0 Å². The van der Waals surface area contributed by atoms with Gasteiger partial charge in [0, 0.05) is 34.9 Å². The highest BCUT2D eigenvalue weighted by Crippen LogP contribution is 2.34. The SMILES string of the molecule is Cc1ccccc1-c1nc(C(=O)N2CCOCC2)cc2c1[nH]c1ccccc12. The molecule has 3 heterocycles. The molecule has 0 bridgehead atoms. The zero-order valence-electron chi connectivity index (χ0n) is 15.7. The van der Waals surface area contributed by atoms with Gasteiger partial charge in [0.25, 0.3) is 5.91 Å². The lowest BCUT2D eigenvalue weighted by Gasteiger charge is -2.26. The number of benzene rings is 2. The molecule has 2 aromatic carbocycles. The second-order valence-corrected chi connectivity index (χ2v) is 7.17. The highest BCUT2D eigenvalue weighted by Gasteiger charge is 2.23. The maximum Gasteiger partial charge on any atom is 0.272 e. The summed E-state index contributed by atoms with van der Waals surface area (Å²) in [6.07, 6.45) is 0. The number of aromatic amines is 1. The summed E-state index contributed by atoms with van der Waals surface area (Å²) in [5.74, 6) is -0.0367. The van der Waals surface area contributed by atoms with E-state index >= 15 is 0 Å². The molecule has 4 aromatic rings. The zero-order valence-corrected chi connectivity index (χ0v) is 15.7. The number of aromatic nitrogens is 2. The minimum absolute atomic E-state index is 0.0367. The van der Waals surface area contributed by atoms with Crippen LogP contribution in [0.15, 0.2) is 54.6 Å². The molecule has 1 amide bonds. The maximum absolute atomic E-state index is 13.2. The smallest absolute Gasteiger partial charge is 0.272 e. The van der Waals surface area contributed by atoms with Crippen LogP contribution in [-0.4, -0.2) is 47.1 Å². The normalized spacial score (nSPS) is 14.7. The molecule has 1 fully saturated rings. The second-order valence-electron chi connectivity index (χ2n) is 7.17. The number of para-hydroxylation sites is 1. The van der Waals surface area contributed by atoms with E-state index in [0.29, 0.717) is 32.0 Å². The van der Waals surface area contributed by atoms with Gasteiger partial charge in [-0.25, -0.2) is 4.98 Å². The first kappa shape index (κ1) is 17.0. The summed E-state index contributed by atoms with van der Waals surface area (Å²) >= 11 is 0. The number of H-pyrrole nitrogens is 1. The summed E-state index contributed by atoms with van der Waals surface area (Å²) < 4.78 is 5.39. The average Bonchev–Trinajstić information content (AvgIpc) is 3.12. The maximum atomic E-state index is 13.2. The molecule has 0 saturated carbocycles. The van der Waals surface area contributed by atoms with Gasteiger partial charge in [-0.3, -0.25) is 4.79 Å². The van der Waals surface area contributed by atoms with Crippen LogP contribution in [0.25, 0.3) is 33.1 Å². The first-order valence-electron chi connectivity index (χ1n) is 9.57. The Hall–Kier alpha value is -3.18. The standard InChI is InChI=1S/C23H21N3O2/c1-15-6-2-3-7-16(15)21-22-18(17-8-4-5-9-19(17)24-22)14-20(25-21)23(27)26-10-12-28-13-11-26/h2-9,14,24H,10-13H2,1H3. The lowest BCUT2D eigenvalue weighted by atomic mass is 10.0. The van der Waals surface area contributed by atoms with Crippen molar-refractivity contribution >= 4 is 27.7 Å². The number of carbonyl (C=O) groups excluding carboxylic acids is 1. The summed E-state index contributed by atoms with van der Waals surface area (Å²) in [4.78, 5) is 23.3. The molecule has 1 saturated heterocycles. The molecular formula is C23H21N3O2. The van der Waals surface area contributed by atoms with Crippen LogP contribution in [0, 0.1) is 6.92 Å². The monoisotopic (exact) mass is 371 g/mol. The Morgan fingerprint density at radius 3 is 2.61 bits per heavy atom. The van der Waals surface area contributed by atoms with Crippen LogP contribution >= 0.6 is 0 Å². The third-order valence-corrected chi connectivity index (χ3v) is 5.41. The summed E-state index contributed by atoms with van der Waals surface area (Å²) in [6.45, 7) is 4.43. The third-order valence-electron chi connectivity index (χ3n) is 5.41. The van der Waals surface area contributed by atoms with Gasteiger partial charge >= 0.3 is 0 Å². The molecule has 0 atom stereocenters. The van der Waals surface area contributed by atoms with E-state index in [1.165, 1.54) is 0 Å². The predicted molar refractivity (Wildman–Crippen MR) is 110 cm³/mol. The van der Waals surface area contributed by atoms with Gasteiger partial charge in [-0.05, 0) is 24.6 Å². The van der Waals surface area contributed by atoms with E-state index in [4.69, 9.17) is 9.72 Å². The summed E-state index contributed by atoms with van der Waals surface area (Å²) in [5, 5.41) is 2.13. The fourth-order valence-corrected chi connectivity index (χ4v) is 3.92. The number of nitrogens with zero attached hydrogens (tertiary/aromatic N) is 2. The van der Waals surface area contributed by atoms with Gasteiger partial charge in [-0.1, -0.05) is 42.5 Å². The van der Waals surface area contributed by atoms with E-state index in [1.54, 1.807) is 0 Å². The highest BCUT2D eigenvalue weighted by atomic mass is 16.5. The fourth-order valence-electron chi connectivity index (χ4n) is 3.92. The molecule has 0 aliphatic carbocycles. The van der Waals surface area contributed by atoms with Crippen molar-refractivity contribution in [1.29, 1.82) is 0 Å². The molecule has 5 rings (SSSR count).